The van der Waals surface area contributed by atoms with Crippen molar-refractivity contribution in [1.82, 2.24) is 15.2 Å². The highest BCUT2D eigenvalue weighted by molar-refractivity contribution is 5.84. The molecule has 2 aromatic carbocycles. The van der Waals surface area contributed by atoms with E-state index in [1.165, 1.54) is 0 Å². The summed E-state index contributed by atoms with van der Waals surface area (Å²) < 4.78 is 11.7. The molecule has 6 nitrogen and oxygen atoms in total. The number of ether oxygens (including phenoxy) is 1. The van der Waals surface area contributed by atoms with Crippen molar-refractivity contribution in [2.45, 2.75) is 19.1 Å². The second-order valence-electron chi connectivity index (χ2n) is 6.23. The number of pyridine rings is 1. The van der Waals surface area contributed by atoms with E-state index >= 15 is 0 Å². The van der Waals surface area contributed by atoms with E-state index in [9.17, 15) is 0 Å². The lowest BCUT2D eigenvalue weighted by Gasteiger charge is -2.07. The van der Waals surface area contributed by atoms with Gasteiger partial charge in [0.25, 0.3) is 5.89 Å². The van der Waals surface area contributed by atoms with Gasteiger partial charge in [0.1, 0.15) is 5.75 Å². The fourth-order valence-corrected chi connectivity index (χ4v) is 3.27. The summed E-state index contributed by atoms with van der Waals surface area (Å²) >= 11 is 0. The van der Waals surface area contributed by atoms with Crippen LogP contribution in [0.1, 0.15) is 23.1 Å². The highest BCUT2D eigenvalue weighted by Crippen LogP contribution is 2.36. The predicted octanol–water partition coefficient (Wildman–Crippen LogP) is 3.91. The van der Waals surface area contributed by atoms with Gasteiger partial charge in [-0.25, -0.2) is 0 Å². The summed E-state index contributed by atoms with van der Waals surface area (Å²) in [5, 5.41) is 13.7. The molecule has 0 bridgehead atoms. The summed E-state index contributed by atoms with van der Waals surface area (Å²) in [7, 11) is 0. The van der Waals surface area contributed by atoms with Crippen LogP contribution in [-0.4, -0.2) is 15.2 Å². The van der Waals surface area contributed by atoms with Gasteiger partial charge < -0.3 is 14.5 Å². The predicted molar refractivity (Wildman–Crippen MR) is 96.9 cm³/mol. The van der Waals surface area contributed by atoms with Crippen LogP contribution < -0.4 is 10.1 Å². The highest BCUT2D eigenvalue weighted by atomic mass is 16.5. The third-order valence-corrected chi connectivity index (χ3v) is 4.56. The summed E-state index contributed by atoms with van der Waals surface area (Å²) in [6.07, 6.45) is 4.18. The second kappa shape index (κ2) is 6.15. The van der Waals surface area contributed by atoms with Crippen LogP contribution in [0.5, 0.6) is 5.75 Å². The SMILES string of the molecule is c1ccc2c(c1)C[C@@H](c1nnc(NCc3cccc4cnccc34)o1)O2. The quantitative estimate of drug-likeness (QED) is 0.605. The molecular weight excluding hydrogens is 328 g/mol. The normalized spacial score (nSPS) is 15.6. The van der Waals surface area contributed by atoms with Gasteiger partial charge in [0.2, 0.25) is 0 Å². The standard InChI is InChI=1S/C20H16N4O2/c1-2-7-17-13(4-1)10-18(25-17)19-23-24-20(26-19)22-12-15-6-3-5-14-11-21-9-8-16(14)15/h1-9,11,18H,10,12H2,(H,22,24)/t18-/m0/s1. The third kappa shape index (κ3) is 2.65. The summed E-state index contributed by atoms with van der Waals surface area (Å²) in [6, 6.07) is 16.5. The maximum Gasteiger partial charge on any atom is 0.315 e. The Morgan fingerprint density at radius 2 is 2.00 bits per heavy atom. The zero-order valence-electron chi connectivity index (χ0n) is 13.9. The van der Waals surface area contributed by atoms with Gasteiger partial charge in [0.05, 0.1) is 0 Å². The van der Waals surface area contributed by atoms with E-state index in [0.29, 0.717) is 18.5 Å². The molecule has 1 N–H and O–H groups in total. The van der Waals surface area contributed by atoms with Crippen molar-refractivity contribution in [3.05, 3.63) is 77.9 Å². The molecule has 1 atom stereocenters. The van der Waals surface area contributed by atoms with Gasteiger partial charge in [0, 0.05) is 30.7 Å². The van der Waals surface area contributed by atoms with Crippen LogP contribution >= 0.6 is 0 Å². The van der Waals surface area contributed by atoms with Gasteiger partial charge in [-0.1, -0.05) is 41.5 Å². The fraction of sp³-hybridized carbons (Fsp3) is 0.150. The van der Waals surface area contributed by atoms with Gasteiger partial charge in [-0.05, 0) is 28.6 Å². The van der Waals surface area contributed by atoms with Crippen molar-refractivity contribution < 1.29 is 9.15 Å². The lowest BCUT2D eigenvalue weighted by Crippen LogP contribution is -2.03. The molecule has 1 aliphatic rings. The van der Waals surface area contributed by atoms with Crippen molar-refractivity contribution in [2.75, 3.05) is 5.32 Å². The van der Waals surface area contributed by atoms with Gasteiger partial charge in [-0.15, -0.1) is 5.10 Å². The van der Waals surface area contributed by atoms with E-state index in [4.69, 9.17) is 9.15 Å². The highest BCUT2D eigenvalue weighted by Gasteiger charge is 2.28. The first-order valence-electron chi connectivity index (χ1n) is 8.50. The average molecular weight is 344 g/mol. The minimum absolute atomic E-state index is 0.223. The second-order valence-corrected chi connectivity index (χ2v) is 6.23. The van der Waals surface area contributed by atoms with Gasteiger partial charge in [-0.2, -0.15) is 0 Å². The number of nitrogens with zero attached hydrogens (tertiary/aromatic N) is 3. The van der Waals surface area contributed by atoms with E-state index < -0.39 is 0 Å². The molecule has 2 aromatic heterocycles. The van der Waals surface area contributed by atoms with Crippen LogP contribution in [0.2, 0.25) is 0 Å². The Labute approximate surface area is 149 Å². The molecule has 0 unspecified atom stereocenters. The zero-order chi connectivity index (χ0) is 17.3. The lowest BCUT2D eigenvalue weighted by atomic mass is 10.1. The molecule has 4 aromatic rings. The van der Waals surface area contributed by atoms with Gasteiger partial charge in [-0.3, -0.25) is 4.98 Å². The molecule has 0 radical (unpaired) electrons. The Morgan fingerprint density at radius 1 is 1.04 bits per heavy atom. The molecule has 0 spiro atoms. The number of aromatic nitrogens is 3. The zero-order valence-corrected chi connectivity index (χ0v) is 13.9. The Bertz CT molecular complexity index is 1050. The molecule has 0 saturated carbocycles. The van der Waals surface area contributed by atoms with Crippen LogP contribution in [0.15, 0.2) is 65.3 Å². The van der Waals surface area contributed by atoms with Crippen LogP contribution in [0.3, 0.4) is 0 Å². The number of anilines is 1. The van der Waals surface area contributed by atoms with E-state index in [1.54, 1.807) is 6.20 Å². The first kappa shape index (κ1) is 14.9. The molecule has 3 heterocycles. The lowest BCUT2D eigenvalue weighted by molar-refractivity contribution is 0.199. The first-order chi connectivity index (χ1) is 12.9. The summed E-state index contributed by atoms with van der Waals surface area (Å²) in [5.41, 5.74) is 2.31. The smallest absolute Gasteiger partial charge is 0.315 e. The molecule has 128 valence electrons. The van der Waals surface area contributed by atoms with Crippen LogP contribution in [0, 0.1) is 0 Å². The maximum absolute atomic E-state index is 5.90. The molecule has 6 heteroatoms. The first-order valence-corrected chi connectivity index (χ1v) is 8.50. The van der Waals surface area contributed by atoms with Crippen molar-refractivity contribution >= 4 is 16.8 Å². The molecule has 0 saturated heterocycles. The van der Waals surface area contributed by atoms with Crippen molar-refractivity contribution in [3.8, 4) is 5.75 Å². The number of nitrogens with one attached hydrogen (secondary N) is 1. The van der Waals surface area contributed by atoms with Gasteiger partial charge >= 0.3 is 6.01 Å². The molecular formula is C20H16N4O2. The van der Waals surface area contributed by atoms with E-state index in [0.717, 1.165) is 34.1 Å². The molecule has 0 amide bonds. The van der Waals surface area contributed by atoms with Crippen LogP contribution in [0.25, 0.3) is 10.8 Å². The Hall–Kier alpha value is -3.41. The largest absolute Gasteiger partial charge is 0.480 e. The molecule has 1 aliphatic heterocycles. The summed E-state index contributed by atoms with van der Waals surface area (Å²) in [4.78, 5) is 4.16. The number of rotatable bonds is 4. The Balaban J connectivity index is 1.31. The summed E-state index contributed by atoms with van der Waals surface area (Å²) in [6.45, 7) is 0.592. The monoisotopic (exact) mass is 344 g/mol. The van der Waals surface area contributed by atoms with Crippen molar-refractivity contribution in [1.29, 1.82) is 0 Å². The topological polar surface area (TPSA) is 73.1 Å². The molecule has 0 aliphatic carbocycles. The Kier molecular flexibility index (Phi) is 3.52. The third-order valence-electron chi connectivity index (χ3n) is 4.56. The van der Waals surface area contributed by atoms with Crippen molar-refractivity contribution in [2.24, 2.45) is 0 Å². The van der Waals surface area contributed by atoms with E-state index in [-0.39, 0.29) is 6.10 Å². The molecule has 0 fully saturated rings. The number of hydrogen-bond donors (Lipinski definition) is 1. The Morgan fingerprint density at radius 3 is 2.96 bits per heavy atom. The minimum atomic E-state index is -0.223. The summed E-state index contributed by atoms with van der Waals surface area (Å²) in [5.74, 6) is 1.38. The minimum Gasteiger partial charge on any atom is -0.480 e. The van der Waals surface area contributed by atoms with E-state index in [1.807, 2.05) is 42.6 Å². The van der Waals surface area contributed by atoms with Crippen LogP contribution in [0.4, 0.5) is 6.01 Å². The molecule has 5 rings (SSSR count). The average Bonchev–Trinajstić information content (AvgIpc) is 3.33. The number of hydrogen-bond acceptors (Lipinski definition) is 6. The van der Waals surface area contributed by atoms with Crippen molar-refractivity contribution in [3.63, 3.8) is 0 Å². The fourth-order valence-electron chi connectivity index (χ4n) is 3.27. The number of para-hydroxylation sites is 1. The van der Waals surface area contributed by atoms with Crippen LogP contribution in [-0.2, 0) is 13.0 Å². The van der Waals surface area contributed by atoms with Gasteiger partial charge in [0.15, 0.2) is 6.10 Å². The number of benzene rings is 2. The number of fused-ring (bicyclic) bond motifs is 2. The maximum atomic E-state index is 5.90. The van der Waals surface area contributed by atoms with E-state index in [2.05, 4.69) is 32.6 Å². The molecule has 26 heavy (non-hydrogen) atoms.